The Kier molecular flexibility index (Phi) is 5.51. The fraction of sp³-hybridized carbons (Fsp3) is 1.00. The largest absolute Gasteiger partial charge is 0.330 e. The highest BCUT2D eigenvalue weighted by molar-refractivity contribution is 4.79. The first-order chi connectivity index (χ1) is 5.24. The smallest absolute Gasteiger partial charge is 0.00196 e. The van der Waals surface area contributed by atoms with Gasteiger partial charge in [-0.2, -0.15) is 0 Å². The van der Waals surface area contributed by atoms with Crippen molar-refractivity contribution in [3.63, 3.8) is 0 Å². The zero-order valence-corrected chi connectivity index (χ0v) is 8.11. The van der Waals surface area contributed by atoms with E-state index in [-0.39, 0.29) is 0 Å². The average molecular weight is 158 g/mol. The maximum Gasteiger partial charge on any atom is 0.00196 e. The molecular formula is C9H22N2. The van der Waals surface area contributed by atoms with Gasteiger partial charge in [-0.3, -0.25) is 0 Å². The minimum Gasteiger partial charge on any atom is -0.330 e. The van der Waals surface area contributed by atoms with Crippen LogP contribution in [0.2, 0.25) is 0 Å². The first-order valence-electron chi connectivity index (χ1n) is 4.65. The zero-order chi connectivity index (χ0) is 8.74. The molecule has 0 atom stereocenters. The quantitative estimate of drug-likeness (QED) is 0.612. The first-order valence-corrected chi connectivity index (χ1v) is 4.65. The van der Waals surface area contributed by atoms with Gasteiger partial charge in [0, 0.05) is 6.54 Å². The summed E-state index contributed by atoms with van der Waals surface area (Å²) in [6, 6.07) is 0. The number of rotatable bonds is 6. The molecule has 0 fully saturated rings. The molecule has 0 aromatic carbocycles. The maximum atomic E-state index is 5.73. The lowest BCUT2D eigenvalue weighted by atomic mass is 9.82. The van der Waals surface area contributed by atoms with Crippen LogP contribution in [0, 0.1) is 5.41 Å². The normalized spacial score (nSPS) is 12.0. The van der Waals surface area contributed by atoms with Crippen molar-refractivity contribution >= 4 is 0 Å². The molecule has 0 rings (SSSR count). The van der Waals surface area contributed by atoms with E-state index in [1.165, 1.54) is 12.8 Å². The molecule has 3 N–H and O–H groups in total. The number of nitrogens with two attached hydrogens (primary N) is 1. The third-order valence-electron chi connectivity index (χ3n) is 2.68. The Morgan fingerprint density at radius 2 is 1.73 bits per heavy atom. The van der Waals surface area contributed by atoms with E-state index in [2.05, 4.69) is 26.1 Å². The lowest BCUT2D eigenvalue weighted by Crippen LogP contribution is -2.39. The van der Waals surface area contributed by atoms with Gasteiger partial charge in [0.25, 0.3) is 0 Å². The average Bonchev–Trinajstić information content (AvgIpc) is 2.08. The summed E-state index contributed by atoms with van der Waals surface area (Å²) in [5.74, 6) is 0. The van der Waals surface area contributed by atoms with E-state index >= 15 is 0 Å². The molecule has 68 valence electrons. The molecule has 0 saturated carbocycles. The van der Waals surface area contributed by atoms with Crippen LogP contribution in [0.4, 0.5) is 0 Å². The van der Waals surface area contributed by atoms with Crippen LogP contribution in [0.1, 0.15) is 33.6 Å². The van der Waals surface area contributed by atoms with Gasteiger partial charge in [0.2, 0.25) is 0 Å². The van der Waals surface area contributed by atoms with E-state index in [1.54, 1.807) is 0 Å². The summed E-state index contributed by atoms with van der Waals surface area (Å²) in [6.45, 7) is 9.47. The van der Waals surface area contributed by atoms with Crippen molar-refractivity contribution < 1.29 is 0 Å². The van der Waals surface area contributed by atoms with Crippen molar-refractivity contribution in [2.45, 2.75) is 33.6 Å². The SMILES string of the molecule is CCNCC(CC)(CC)CN. The highest BCUT2D eigenvalue weighted by Gasteiger charge is 2.22. The second-order valence-corrected chi connectivity index (χ2v) is 3.19. The van der Waals surface area contributed by atoms with Crippen molar-refractivity contribution in [1.29, 1.82) is 0 Å². The molecule has 0 spiro atoms. The summed E-state index contributed by atoms with van der Waals surface area (Å²) in [7, 11) is 0. The van der Waals surface area contributed by atoms with Crippen LogP contribution in [0.5, 0.6) is 0 Å². The molecule has 0 aromatic heterocycles. The zero-order valence-electron chi connectivity index (χ0n) is 8.11. The summed E-state index contributed by atoms with van der Waals surface area (Å²) in [4.78, 5) is 0. The van der Waals surface area contributed by atoms with Crippen molar-refractivity contribution in [1.82, 2.24) is 5.32 Å². The van der Waals surface area contributed by atoms with E-state index in [0.29, 0.717) is 5.41 Å². The van der Waals surface area contributed by atoms with Gasteiger partial charge in [-0.1, -0.05) is 20.8 Å². The van der Waals surface area contributed by atoms with Gasteiger partial charge in [-0.25, -0.2) is 0 Å². The van der Waals surface area contributed by atoms with Crippen LogP contribution in [0.15, 0.2) is 0 Å². The molecule has 0 saturated heterocycles. The molecular weight excluding hydrogens is 136 g/mol. The lowest BCUT2D eigenvalue weighted by Gasteiger charge is -2.30. The molecule has 0 radical (unpaired) electrons. The third kappa shape index (κ3) is 3.21. The van der Waals surface area contributed by atoms with Crippen LogP contribution in [-0.2, 0) is 0 Å². The van der Waals surface area contributed by atoms with E-state index in [9.17, 15) is 0 Å². The molecule has 2 heteroatoms. The molecule has 0 heterocycles. The van der Waals surface area contributed by atoms with Crippen molar-refractivity contribution in [3.8, 4) is 0 Å². The molecule has 0 aliphatic rings. The monoisotopic (exact) mass is 158 g/mol. The Bertz CT molecular complexity index is 79.3. The number of hydrogen-bond acceptors (Lipinski definition) is 2. The third-order valence-corrected chi connectivity index (χ3v) is 2.68. The van der Waals surface area contributed by atoms with Gasteiger partial charge in [0.1, 0.15) is 0 Å². The molecule has 0 bridgehead atoms. The summed E-state index contributed by atoms with van der Waals surface area (Å²) in [5, 5.41) is 3.36. The molecule has 0 aromatic rings. The molecule has 0 unspecified atom stereocenters. The fourth-order valence-electron chi connectivity index (χ4n) is 1.25. The molecule has 2 nitrogen and oxygen atoms in total. The summed E-state index contributed by atoms with van der Waals surface area (Å²) < 4.78 is 0. The molecule has 0 aliphatic carbocycles. The molecule has 11 heavy (non-hydrogen) atoms. The minimum absolute atomic E-state index is 0.343. The summed E-state index contributed by atoms with van der Waals surface area (Å²) >= 11 is 0. The predicted molar refractivity (Wildman–Crippen MR) is 50.6 cm³/mol. The highest BCUT2D eigenvalue weighted by atomic mass is 14.9. The van der Waals surface area contributed by atoms with Gasteiger partial charge in [-0.15, -0.1) is 0 Å². The van der Waals surface area contributed by atoms with E-state index in [0.717, 1.165) is 19.6 Å². The Hall–Kier alpha value is -0.0800. The van der Waals surface area contributed by atoms with Gasteiger partial charge in [0.05, 0.1) is 0 Å². The standard InChI is InChI=1S/C9H22N2/c1-4-9(5-2,7-10)8-11-6-3/h11H,4-8,10H2,1-3H3. The number of nitrogens with one attached hydrogen (secondary N) is 1. The minimum atomic E-state index is 0.343. The Balaban J connectivity index is 3.84. The first kappa shape index (κ1) is 10.9. The Labute approximate surface area is 70.5 Å². The Morgan fingerprint density at radius 3 is 2.00 bits per heavy atom. The van der Waals surface area contributed by atoms with Gasteiger partial charge in [0.15, 0.2) is 0 Å². The molecule has 0 aliphatic heterocycles. The maximum absolute atomic E-state index is 5.73. The van der Waals surface area contributed by atoms with Gasteiger partial charge in [-0.05, 0) is 31.3 Å². The second-order valence-electron chi connectivity index (χ2n) is 3.19. The van der Waals surface area contributed by atoms with Crippen molar-refractivity contribution in [2.24, 2.45) is 11.1 Å². The number of hydrogen-bond donors (Lipinski definition) is 2. The predicted octanol–water partition coefficient (Wildman–Crippen LogP) is 1.36. The fourth-order valence-corrected chi connectivity index (χ4v) is 1.25. The highest BCUT2D eigenvalue weighted by Crippen LogP contribution is 2.23. The molecule has 0 amide bonds. The van der Waals surface area contributed by atoms with Gasteiger partial charge >= 0.3 is 0 Å². The van der Waals surface area contributed by atoms with E-state index in [4.69, 9.17) is 5.73 Å². The van der Waals surface area contributed by atoms with E-state index < -0.39 is 0 Å². The van der Waals surface area contributed by atoms with Crippen LogP contribution in [0.25, 0.3) is 0 Å². The second kappa shape index (κ2) is 5.56. The lowest BCUT2D eigenvalue weighted by molar-refractivity contribution is 0.261. The summed E-state index contributed by atoms with van der Waals surface area (Å²) in [5.41, 5.74) is 6.07. The summed E-state index contributed by atoms with van der Waals surface area (Å²) in [6.07, 6.45) is 2.35. The van der Waals surface area contributed by atoms with Crippen molar-refractivity contribution in [2.75, 3.05) is 19.6 Å². The van der Waals surface area contributed by atoms with Crippen LogP contribution < -0.4 is 11.1 Å². The van der Waals surface area contributed by atoms with E-state index in [1.807, 2.05) is 0 Å². The van der Waals surface area contributed by atoms with Crippen molar-refractivity contribution in [3.05, 3.63) is 0 Å². The topological polar surface area (TPSA) is 38.0 Å². The van der Waals surface area contributed by atoms with Crippen LogP contribution in [-0.4, -0.2) is 19.6 Å². The Morgan fingerprint density at radius 1 is 1.18 bits per heavy atom. The van der Waals surface area contributed by atoms with Crippen LogP contribution in [0.3, 0.4) is 0 Å². The van der Waals surface area contributed by atoms with Crippen LogP contribution >= 0.6 is 0 Å². The van der Waals surface area contributed by atoms with Gasteiger partial charge < -0.3 is 11.1 Å².